The molecule has 0 spiro atoms. The summed E-state index contributed by atoms with van der Waals surface area (Å²) in [5.74, 6) is 2.44. The molecule has 0 atom stereocenters. The summed E-state index contributed by atoms with van der Waals surface area (Å²) in [5, 5.41) is 3.18. The molecule has 0 unspecified atom stereocenters. The Kier molecular flexibility index (Phi) is 4.49. The number of aryl methyl sites for hydroxylation is 1. The second kappa shape index (κ2) is 7.29. The van der Waals surface area contributed by atoms with Gasteiger partial charge in [0.05, 0.1) is 16.9 Å². The fourth-order valence-electron chi connectivity index (χ4n) is 6.99. The van der Waals surface area contributed by atoms with Gasteiger partial charge in [-0.3, -0.25) is 14.9 Å². The summed E-state index contributed by atoms with van der Waals surface area (Å²) < 4.78 is 14.7. The van der Waals surface area contributed by atoms with E-state index in [0.29, 0.717) is 16.7 Å². The van der Waals surface area contributed by atoms with Crippen LogP contribution in [0.25, 0.3) is 5.69 Å². The van der Waals surface area contributed by atoms with Gasteiger partial charge in [0.1, 0.15) is 5.82 Å². The summed E-state index contributed by atoms with van der Waals surface area (Å²) in [4.78, 5) is 17.4. The van der Waals surface area contributed by atoms with Crippen molar-refractivity contribution < 1.29 is 4.39 Å². The molecule has 4 nitrogen and oxygen atoms in total. The third-order valence-corrected chi connectivity index (χ3v) is 8.06. The first-order valence-electron chi connectivity index (χ1n) is 11.7. The molecule has 0 radical (unpaired) electrons. The lowest BCUT2D eigenvalue weighted by molar-refractivity contribution is -0.00518. The molecule has 1 heterocycles. The number of rotatable bonds is 4. The van der Waals surface area contributed by atoms with E-state index in [0.717, 1.165) is 29.1 Å². The Labute approximate surface area is 187 Å². The second-order valence-electron chi connectivity index (χ2n) is 10.3. The smallest absolute Gasteiger partial charge is 0.280 e. The summed E-state index contributed by atoms with van der Waals surface area (Å²) in [6.45, 7) is 1.87. The third kappa shape index (κ3) is 3.26. The molecule has 4 aliphatic rings. The molecule has 4 saturated carbocycles. The summed E-state index contributed by atoms with van der Waals surface area (Å²) in [5.41, 5.74) is 4.40. The van der Waals surface area contributed by atoms with Crippen molar-refractivity contribution in [3.05, 3.63) is 81.5 Å². The van der Waals surface area contributed by atoms with Crippen LogP contribution in [0.1, 0.15) is 55.3 Å². The Morgan fingerprint density at radius 1 is 0.969 bits per heavy atom. The lowest BCUT2D eigenvalue weighted by Gasteiger charge is -2.57. The molecule has 1 aromatic heterocycles. The molecule has 32 heavy (non-hydrogen) atoms. The highest BCUT2D eigenvalue weighted by Gasteiger charge is 2.51. The van der Waals surface area contributed by atoms with Crippen LogP contribution in [-0.2, 0) is 5.41 Å². The zero-order valence-electron chi connectivity index (χ0n) is 18.4. The third-order valence-electron chi connectivity index (χ3n) is 8.06. The largest absolute Gasteiger partial charge is 0.295 e. The van der Waals surface area contributed by atoms with E-state index in [1.165, 1.54) is 56.2 Å². The lowest BCUT2D eigenvalue weighted by atomic mass is 9.48. The number of aromatic amines is 1. The van der Waals surface area contributed by atoms with Crippen molar-refractivity contribution in [2.24, 2.45) is 22.7 Å². The van der Waals surface area contributed by atoms with E-state index in [1.807, 2.05) is 6.92 Å². The predicted molar refractivity (Wildman–Crippen MR) is 125 cm³/mol. The molecule has 3 aromatic rings. The first kappa shape index (κ1) is 19.7. The summed E-state index contributed by atoms with van der Waals surface area (Å²) in [6.07, 6.45) is 9.89. The molecule has 7 rings (SSSR count). The Morgan fingerprint density at radius 2 is 1.56 bits per heavy atom. The maximum Gasteiger partial charge on any atom is 0.280 e. The van der Waals surface area contributed by atoms with E-state index in [2.05, 4.69) is 34.4 Å². The SMILES string of the molecule is Cc1[nH]n(-c2ccc(C34CC5CC(CC(C5)C3)C4)cc2)c(=O)c1C=Nc1ccc(F)cc1. The number of halogens is 1. The monoisotopic (exact) mass is 429 g/mol. The van der Waals surface area contributed by atoms with E-state index >= 15 is 0 Å². The standard InChI is InChI=1S/C27H28FN3O/c1-17-25(16-29-23-6-4-22(28)5-7-23)26(32)31(30-17)24-8-2-21(3-9-24)27-13-18-10-19(14-27)12-20(11-18)15-27/h2-9,16,18-20,30H,10-15H2,1H3. The van der Waals surface area contributed by atoms with Crippen LogP contribution in [0.5, 0.6) is 0 Å². The molecule has 0 aliphatic heterocycles. The molecule has 4 fully saturated rings. The van der Waals surface area contributed by atoms with Crippen LogP contribution in [0.4, 0.5) is 10.1 Å². The van der Waals surface area contributed by atoms with Gasteiger partial charge < -0.3 is 0 Å². The number of hydrogen-bond acceptors (Lipinski definition) is 2. The first-order chi connectivity index (χ1) is 15.5. The highest BCUT2D eigenvalue weighted by Crippen LogP contribution is 2.60. The maximum absolute atomic E-state index is 13.1. The van der Waals surface area contributed by atoms with E-state index in [1.54, 1.807) is 23.0 Å². The van der Waals surface area contributed by atoms with Gasteiger partial charge >= 0.3 is 0 Å². The van der Waals surface area contributed by atoms with Gasteiger partial charge in [0.25, 0.3) is 5.56 Å². The van der Waals surface area contributed by atoms with Crippen LogP contribution >= 0.6 is 0 Å². The lowest BCUT2D eigenvalue weighted by Crippen LogP contribution is -2.48. The van der Waals surface area contributed by atoms with Crippen molar-refractivity contribution in [1.29, 1.82) is 0 Å². The topological polar surface area (TPSA) is 50.1 Å². The molecular weight excluding hydrogens is 401 g/mol. The van der Waals surface area contributed by atoms with E-state index < -0.39 is 0 Å². The first-order valence-corrected chi connectivity index (χ1v) is 11.7. The molecule has 4 aliphatic carbocycles. The van der Waals surface area contributed by atoms with Crippen molar-refractivity contribution in [2.75, 3.05) is 0 Å². The Morgan fingerprint density at radius 3 is 2.16 bits per heavy atom. The zero-order chi connectivity index (χ0) is 21.9. The number of hydrogen-bond donors (Lipinski definition) is 1. The van der Waals surface area contributed by atoms with Gasteiger partial charge in [-0.1, -0.05) is 12.1 Å². The van der Waals surface area contributed by atoms with Crippen molar-refractivity contribution in [1.82, 2.24) is 9.78 Å². The van der Waals surface area contributed by atoms with Crippen molar-refractivity contribution in [2.45, 2.75) is 50.9 Å². The fourth-order valence-corrected chi connectivity index (χ4v) is 6.99. The Bertz CT molecular complexity index is 1200. The van der Waals surface area contributed by atoms with Crippen LogP contribution in [0.15, 0.2) is 58.3 Å². The summed E-state index contributed by atoms with van der Waals surface area (Å²) in [7, 11) is 0. The molecule has 1 N–H and O–H groups in total. The predicted octanol–water partition coefficient (Wildman–Crippen LogP) is 5.83. The van der Waals surface area contributed by atoms with Crippen LogP contribution < -0.4 is 5.56 Å². The summed E-state index contributed by atoms with van der Waals surface area (Å²) in [6, 6.07) is 14.6. The van der Waals surface area contributed by atoms with Crippen LogP contribution in [-0.4, -0.2) is 16.0 Å². The highest BCUT2D eigenvalue weighted by atomic mass is 19.1. The molecule has 164 valence electrons. The molecule has 0 saturated heterocycles. The van der Waals surface area contributed by atoms with Gasteiger partial charge in [-0.05, 0) is 111 Å². The fraction of sp³-hybridized carbons (Fsp3) is 0.407. The summed E-state index contributed by atoms with van der Waals surface area (Å²) >= 11 is 0. The Balaban J connectivity index is 1.28. The Hall–Kier alpha value is -2.95. The van der Waals surface area contributed by atoms with Crippen molar-refractivity contribution in [3.8, 4) is 5.69 Å². The number of H-pyrrole nitrogens is 1. The van der Waals surface area contributed by atoms with Crippen LogP contribution in [0.3, 0.4) is 0 Å². The van der Waals surface area contributed by atoms with Gasteiger partial charge in [0.2, 0.25) is 0 Å². The van der Waals surface area contributed by atoms with Crippen LogP contribution in [0.2, 0.25) is 0 Å². The van der Waals surface area contributed by atoms with Gasteiger partial charge in [-0.25, -0.2) is 9.07 Å². The zero-order valence-corrected chi connectivity index (χ0v) is 18.4. The number of aliphatic imine (C=N–C) groups is 1. The normalized spacial score (nSPS) is 28.6. The number of nitrogens with zero attached hydrogens (tertiary/aromatic N) is 2. The van der Waals surface area contributed by atoms with Crippen molar-refractivity contribution in [3.63, 3.8) is 0 Å². The maximum atomic E-state index is 13.1. The number of benzene rings is 2. The van der Waals surface area contributed by atoms with Gasteiger partial charge in [0, 0.05) is 11.9 Å². The minimum Gasteiger partial charge on any atom is -0.295 e. The average Bonchev–Trinajstić information content (AvgIpc) is 3.06. The molecule has 4 bridgehead atoms. The van der Waals surface area contributed by atoms with E-state index in [9.17, 15) is 9.18 Å². The van der Waals surface area contributed by atoms with E-state index in [4.69, 9.17) is 0 Å². The second-order valence-corrected chi connectivity index (χ2v) is 10.3. The average molecular weight is 430 g/mol. The van der Waals surface area contributed by atoms with E-state index in [-0.39, 0.29) is 11.4 Å². The molecule has 0 amide bonds. The molecule has 5 heteroatoms. The van der Waals surface area contributed by atoms with Gasteiger partial charge in [-0.15, -0.1) is 0 Å². The minimum atomic E-state index is -0.305. The van der Waals surface area contributed by atoms with Crippen LogP contribution in [0, 0.1) is 30.5 Å². The van der Waals surface area contributed by atoms with Crippen molar-refractivity contribution >= 4 is 11.9 Å². The quantitative estimate of drug-likeness (QED) is 0.521. The molecule has 2 aromatic carbocycles. The number of aromatic nitrogens is 2. The molecular formula is C27H28FN3O. The van der Waals surface area contributed by atoms with Gasteiger partial charge in [-0.2, -0.15) is 0 Å². The van der Waals surface area contributed by atoms with Gasteiger partial charge in [0.15, 0.2) is 0 Å². The minimum absolute atomic E-state index is 0.129. The highest BCUT2D eigenvalue weighted by molar-refractivity contribution is 5.83. The number of nitrogens with one attached hydrogen (secondary N) is 1.